The fourth-order valence-corrected chi connectivity index (χ4v) is 3.37. The number of aromatic amines is 1. The second kappa shape index (κ2) is 8.54. The van der Waals surface area contributed by atoms with Crippen LogP contribution in [0.4, 0.5) is 4.39 Å². The fourth-order valence-electron chi connectivity index (χ4n) is 3.19. The molecule has 1 unspecified atom stereocenters. The van der Waals surface area contributed by atoms with Gasteiger partial charge in [0.25, 0.3) is 11.5 Å². The molecular formula is C21H19ClFN3O4. The highest BCUT2D eigenvalue weighted by Crippen LogP contribution is 2.23. The summed E-state index contributed by atoms with van der Waals surface area (Å²) in [5.74, 6) is -2.36. The van der Waals surface area contributed by atoms with Crippen molar-refractivity contribution in [2.24, 2.45) is 0 Å². The summed E-state index contributed by atoms with van der Waals surface area (Å²) in [5, 5.41) is 14.4. The van der Waals surface area contributed by atoms with E-state index < -0.39 is 29.3 Å². The van der Waals surface area contributed by atoms with Gasteiger partial charge in [0.15, 0.2) is 0 Å². The zero-order valence-electron chi connectivity index (χ0n) is 16.2. The van der Waals surface area contributed by atoms with Crippen molar-refractivity contribution >= 4 is 23.5 Å². The zero-order chi connectivity index (χ0) is 22.0. The van der Waals surface area contributed by atoms with Gasteiger partial charge in [-0.15, -0.1) is 0 Å². The molecule has 3 N–H and O–H groups in total. The van der Waals surface area contributed by atoms with E-state index in [1.807, 2.05) is 26.0 Å². The first kappa shape index (κ1) is 21.3. The molecule has 9 heteroatoms. The van der Waals surface area contributed by atoms with Gasteiger partial charge in [-0.3, -0.25) is 19.5 Å². The largest absolute Gasteiger partial charge is 0.481 e. The first-order valence-corrected chi connectivity index (χ1v) is 9.41. The Morgan fingerprint density at radius 2 is 1.93 bits per heavy atom. The lowest BCUT2D eigenvalue weighted by atomic mass is 9.97. The predicted molar refractivity (Wildman–Crippen MR) is 110 cm³/mol. The van der Waals surface area contributed by atoms with Crippen molar-refractivity contribution in [3.05, 3.63) is 86.0 Å². The van der Waals surface area contributed by atoms with Gasteiger partial charge < -0.3 is 10.4 Å². The maximum absolute atomic E-state index is 13.4. The predicted octanol–water partition coefficient (Wildman–Crippen LogP) is 3.52. The van der Waals surface area contributed by atoms with Crippen molar-refractivity contribution in [2.45, 2.75) is 26.3 Å². The molecule has 1 atom stereocenters. The van der Waals surface area contributed by atoms with Gasteiger partial charge in [0.2, 0.25) is 0 Å². The summed E-state index contributed by atoms with van der Waals surface area (Å²) in [6.45, 7) is 3.75. The second-order valence-corrected chi connectivity index (χ2v) is 7.33. The highest BCUT2D eigenvalue weighted by molar-refractivity contribution is 6.30. The van der Waals surface area contributed by atoms with E-state index in [9.17, 15) is 23.9 Å². The number of carbonyl (C=O) groups is 2. The van der Waals surface area contributed by atoms with Gasteiger partial charge >= 0.3 is 5.97 Å². The number of aromatic nitrogens is 2. The van der Waals surface area contributed by atoms with Crippen molar-refractivity contribution in [2.75, 3.05) is 0 Å². The van der Waals surface area contributed by atoms with Crippen LogP contribution in [0.1, 0.15) is 39.6 Å². The Balaban J connectivity index is 1.90. The molecule has 0 spiro atoms. The number of hydrogen-bond donors (Lipinski definition) is 3. The lowest BCUT2D eigenvalue weighted by molar-refractivity contribution is -0.137. The van der Waals surface area contributed by atoms with Crippen molar-refractivity contribution in [3.8, 4) is 5.69 Å². The number of H-pyrrole nitrogens is 1. The maximum atomic E-state index is 13.4. The standard InChI is InChI=1S/C21H19ClFN3O4/c1-11-3-5-14(12(2)7-11)17(10-20(28)29)24-21(30)18-9-19(27)26(25-18)13-4-6-16(23)15(22)8-13/h3-9,17,25H,10H2,1-2H3,(H,24,30)(H,28,29). The molecule has 0 fully saturated rings. The van der Waals surface area contributed by atoms with E-state index in [1.165, 1.54) is 12.1 Å². The highest BCUT2D eigenvalue weighted by Gasteiger charge is 2.22. The average Bonchev–Trinajstić information content (AvgIpc) is 3.05. The number of carbonyl (C=O) groups excluding carboxylic acids is 1. The third kappa shape index (κ3) is 4.60. The Morgan fingerprint density at radius 1 is 1.20 bits per heavy atom. The molecule has 0 bridgehead atoms. The molecule has 2 aromatic carbocycles. The highest BCUT2D eigenvalue weighted by atomic mass is 35.5. The third-order valence-corrected chi connectivity index (χ3v) is 4.90. The number of carboxylic acids is 1. The van der Waals surface area contributed by atoms with E-state index in [0.29, 0.717) is 5.56 Å². The number of amides is 1. The Hall–Kier alpha value is -3.39. The Labute approximate surface area is 176 Å². The van der Waals surface area contributed by atoms with Gasteiger partial charge in [-0.05, 0) is 43.2 Å². The summed E-state index contributed by atoms with van der Waals surface area (Å²) < 4.78 is 14.4. The Morgan fingerprint density at radius 3 is 2.57 bits per heavy atom. The molecule has 0 aliphatic heterocycles. The summed E-state index contributed by atoms with van der Waals surface area (Å²) in [5.41, 5.74) is 2.15. The summed E-state index contributed by atoms with van der Waals surface area (Å²) in [4.78, 5) is 36.3. The summed E-state index contributed by atoms with van der Waals surface area (Å²) in [6, 6.07) is 9.48. The smallest absolute Gasteiger partial charge is 0.305 e. The molecule has 1 heterocycles. The summed E-state index contributed by atoms with van der Waals surface area (Å²) in [6.07, 6.45) is -0.325. The van der Waals surface area contributed by atoms with Gasteiger partial charge in [0.1, 0.15) is 11.5 Å². The minimum absolute atomic E-state index is 0.0689. The number of aliphatic carboxylic acids is 1. The first-order chi connectivity index (χ1) is 14.2. The Kier molecular flexibility index (Phi) is 6.07. The second-order valence-electron chi connectivity index (χ2n) is 6.93. The van der Waals surface area contributed by atoms with Crippen molar-refractivity contribution in [3.63, 3.8) is 0 Å². The van der Waals surface area contributed by atoms with Gasteiger partial charge in [0, 0.05) is 6.07 Å². The number of carboxylic acid groups (broad SMARTS) is 1. The van der Waals surface area contributed by atoms with Gasteiger partial charge in [-0.2, -0.15) is 0 Å². The van der Waals surface area contributed by atoms with Crippen LogP contribution >= 0.6 is 11.6 Å². The third-order valence-electron chi connectivity index (χ3n) is 4.61. The topological polar surface area (TPSA) is 104 Å². The molecule has 156 valence electrons. The van der Waals surface area contributed by atoms with Crippen molar-refractivity contribution in [1.29, 1.82) is 0 Å². The minimum Gasteiger partial charge on any atom is -0.481 e. The van der Waals surface area contributed by atoms with E-state index in [2.05, 4.69) is 10.4 Å². The van der Waals surface area contributed by atoms with Crippen molar-refractivity contribution < 1.29 is 19.1 Å². The molecule has 3 aromatic rings. The fraction of sp³-hybridized carbons (Fsp3) is 0.190. The normalized spacial score (nSPS) is 11.9. The van der Waals surface area contributed by atoms with Crippen LogP contribution in [0, 0.1) is 19.7 Å². The quantitative estimate of drug-likeness (QED) is 0.555. The molecule has 1 amide bonds. The molecule has 0 saturated carbocycles. The zero-order valence-corrected chi connectivity index (χ0v) is 17.0. The van der Waals surface area contributed by atoms with Crippen LogP contribution in [0.5, 0.6) is 0 Å². The summed E-state index contributed by atoms with van der Waals surface area (Å²) >= 11 is 5.76. The lowest BCUT2D eigenvalue weighted by Gasteiger charge is -2.19. The molecular weight excluding hydrogens is 413 g/mol. The number of halogens is 2. The molecule has 0 aliphatic rings. The van der Waals surface area contributed by atoms with E-state index in [1.54, 1.807) is 6.07 Å². The molecule has 0 saturated heterocycles. The molecule has 0 radical (unpaired) electrons. The molecule has 3 rings (SSSR count). The van der Waals surface area contributed by atoms with E-state index >= 15 is 0 Å². The number of aryl methyl sites for hydroxylation is 2. The van der Waals surface area contributed by atoms with Crippen LogP contribution in [0.15, 0.2) is 47.3 Å². The number of nitrogens with zero attached hydrogens (tertiary/aromatic N) is 1. The van der Waals surface area contributed by atoms with E-state index in [-0.39, 0.29) is 22.8 Å². The minimum atomic E-state index is -1.08. The SMILES string of the molecule is Cc1ccc(C(CC(=O)O)NC(=O)c2cc(=O)n(-c3ccc(F)c(Cl)c3)[nH]2)c(C)c1. The number of nitrogens with one attached hydrogen (secondary N) is 2. The van der Waals surface area contributed by atoms with Gasteiger partial charge in [-0.25, -0.2) is 9.07 Å². The molecule has 0 aliphatic carbocycles. The molecule has 30 heavy (non-hydrogen) atoms. The van der Waals surface area contributed by atoms with E-state index in [4.69, 9.17) is 11.6 Å². The maximum Gasteiger partial charge on any atom is 0.305 e. The number of benzene rings is 2. The van der Waals surface area contributed by atoms with Crippen molar-refractivity contribution in [1.82, 2.24) is 15.1 Å². The van der Waals surface area contributed by atoms with Crippen LogP contribution < -0.4 is 10.9 Å². The average molecular weight is 432 g/mol. The van der Waals surface area contributed by atoms with Crippen LogP contribution in [0.2, 0.25) is 5.02 Å². The lowest BCUT2D eigenvalue weighted by Crippen LogP contribution is -2.31. The molecule has 7 nitrogen and oxygen atoms in total. The number of hydrogen-bond acceptors (Lipinski definition) is 3. The van der Waals surface area contributed by atoms with Crippen LogP contribution in [-0.4, -0.2) is 26.8 Å². The van der Waals surface area contributed by atoms with Gasteiger partial charge in [0.05, 0.1) is 23.2 Å². The van der Waals surface area contributed by atoms with Gasteiger partial charge in [-0.1, -0.05) is 35.4 Å². The first-order valence-electron chi connectivity index (χ1n) is 9.03. The van der Waals surface area contributed by atoms with Crippen LogP contribution in [0.25, 0.3) is 5.69 Å². The van der Waals surface area contributed by atoms with Crippen LogP contribution in [-0.2, 0) is 4.79 Å². The number of rotatable bonds is 6. The Bertz CT molecular complexity index is 1190. The summed E-state index contributed by atoms with van der Waals surface area (Å²) in [7, 11) is 0. The molecule has 1 aromatic heterocycles. The van der Waals surface area contributed by atoms with Crippen LogP contribution in [0.3, 0.4) is 0 Å². The van der Waals surface area contributed by atoms with E-state index in [0.717, 1.165) is 27.9 Å². The monoisotopic (exact) mass is 431 g/mol.